The molecule has 0 amide bonds. The van der Waals surface area contributed by atoms with Crippen molar-refractivity contribution in [3.63, 3.8) is 0 Å². The summed E-state index contributed by atoms with van der Waals surface area (Å²) in [4.78, 5) is 13.5. The topological polar surface area (TPSA) is 40.5 Å². The molecule has 1 fully saturated rings. The molecular weight excluding hydrogens is 202 g/mol. The molecule has 1 aliphatic rings. The predicted molar refractivity (Wildman–Crippen MR) is 65.5 cm³/mol. The molecule has 3 heteroatoms. The number of carboxylic acids is 1. The Morgan fingerprint density at radius 2 is 2.06 bits per heavy atom. The number of nitrogens with zero attached hydrogens (tertiary/aromatic N) is 1. The molecule has 0 aromatic rings. The van der Waals surface area contributed by atoms with Crippen LogP contribution in [0.2, 0.25) is 0 Å². The Morgan fingerprint density at radius 3 is 2.50 bits per heavy atom. The first-order chi connectivity index (χ1) is 7.39. The molecule has 0 aromatic heterocycles. The second-order valence-corrected chi connectivity index (χ2v) is 5.58. The molecule has 0 bridgehead atoms. The molecule has 1 rings (SSSR count). The largest absolute Gasteiger partial charge is 0.480 e. The molecule has 0 aromatic carbocycles. The molecule has 2 unspecified atom stereocenters. The van der Waals surface area contributed by atoms with Crippen LogP contribution in [-0.4, -0.2) is 34.1 Å². The second-order valence-electron chi connectivity index (χ2n) is 5.58. The summed E-state index contributed by atoms with van der Waals surface area (Å²) in [6.45, 7) is 8.78. The summed E-state index contributed by atoms with van der Waals surface area (Å²) in [5.41, 5.74) is -0.740. The number of carbonyl (C=O) groups is 1. The molecule has 1 N–H and O–H groups in total. The van der Waals surface area contributed by atoms with E-state index in [4.69, 9.17) is 0 Å². The van der Waals surface area contributed by atoms with E-state index >= 15 is 0 Å². The standard InChI is InChI=1S/C13H25NO2/c1-5-14(13(3,4)12(15)16)11-8-6-7-10(2)9-11/h10-11H,5-9H2,1-4H3,(H,15,16). The van der Waals surface area contributed by atoms with Crippen LogP contribution in [0.3, 0.4) is 0 Å². The number of likely N-dealkylation sites (N-methyl/N-ethyl adjacent to an activating group) is 1. The SMILES string of the molecule is CCN(C1CCCC(C)C1)C(C)(C)C(=O)O. The molecule has 0 radical (unpaired) electrons. The maximum Gasteiger partial charge on any atom is 0.323 e. The van der Waals surface area contributed by atoms with Gasteiger partial charge in [-0.05, 0) is 39.2 Å². The smallest absolute Gasteiger partial charge is 0.323 e. The van der Waals surface area contributed by atoms with E-state index in [9.17, 15) is 9.90 Å². The molecule has 0 saturated heterocycles. The highest BCUT2D eigenvalue weighted by Gasteiger charge is 2.38. The van der Waals surface area contributed by atoms with Crippen LogP contribution >= 0.6 is 0 Å². The third-order valence-electron chi connectivity index (χ3n) is 3.93. The van der Waals surface area contributed by atoms with Crippen LogP contribution in [0.25, 0.3) is 0 Å². The van der Waals surface area contributed by atoms with Gasteiger partial charge in [-0.1, -0.05) is 26.7 Å². The van der Waals surface area contributed by atoms with Gasteiger partial charge in [0.1, 0.15) is 5.54 Å². The third kappa shape index (κ3) is 2.76. The number of aliphatic carboxylic acids is 1. The minimum atomic E-state index is -0.740. The van der Waals surface area contributed by atoms with Gasteiger partial charge < -0.3 is 5.11 Å². The third-order valence-corrected chi connectivity index (χ3v) is 3.93. The van der Waals surface area contributed by atoms with Crippen LogP contribution in [0.1, 0.15) is 53.4 Å². The minimum Gasteiger partial charge on any atom is -0.480 e. The normalized spacial score (nSPS) is 27.1. The van der Waals surface area contributed by atoms with Gasteiger partial charge in [0.15, 0.2) is 0 Å². The van der Waals surface area contributed by atoms with Crippen molar-refractivity contribution >= 4 is 5.97 Å². The van der Waals surface area contributed by atoms with Gasteiger partial charge in [-0.2, -0.15) is 0 Å². The van der Waals surface area contributed by atoms with Gasteiger partial charge in [-0.3, -0.25) is 9.69 Å². The van der Waals surface area contributed by atoms with E-state index in [0.717, 1.165) is 25.3 Å². The van der Waals surface area contributed by atoms with E-state index in [2.05, 4.69) is 18.7 Å². The molecule has 16 heavy (non-hydrogen) atoms. The maximum absolute atomic E-state index is 11.3. The Hall–Kier alpha value is -0.570. The molecule has 2 atom stereocenters. The van der Waals surface area contributed by atoms with Crippen molar-refractivity contribution in [2.75, 3.05) is 6.54 Å². The summed E-state index contributed by atoms with van der Waals surface area (Å²) in [5, 5.41) is 9.30. The van der Waals surface area contributed by atoms with E-state index in [1.54, 1.807) is 0 Å². The van der Waals surface area contributed by atoms with E-state index in [1.807, 2.05) is 13.8 Å². The first kappa shape index (κ1) is 13.5. The fourth-order valence-electron chi connectivity index (χ4n) is 2.92. The molecular formula is C13H25NO2. The minimum absolute atomic E-state index is 0.444. The molecule has 94 valence electrons. The lowest BCUT2D eigenvalue weighted by molar-refractivity contribution is -0.151. The maximum atomic E-state index is 11.3. The zero-order chi connectivity index (χ0) is 12.3. The number of hydrogen-bond donors (Lipinski definition) is 1. The van der Waals surface area contributed by atoms with Gasteiger partial charge in [-0.15, -0.1) is 0 Å². The highest BCUT2D eigenvalue weighted by molar-refractivity contribution is 5.77. The van der Waals surface area contributed by atoms with Gasteiger partial charge in [0, 0.05) is 6.04 Å². The van der Waals surface area contributed by atoms with E-state index in [-0.39, 0.29) is 0 Å². The van der Waals surface area contributed by atoms with Crippen LogP contribution in [0, 0.1) is 5.92 Å². The summed E-state index contributed by atoms with van der Waals surface area (Å²) in [7, 11) is 0. The molecule has 1 saturated carbocycles. The van der Waals surface area contributed by atoms with Gasteiger partial charge >= 0.3 is 5.97 Å². The average Bonchev–Trinajstić information content (AvgIpc) is 2.18. The molecule has 1 aliphatic carbocycles. The Kier molecular flexibility index (Phi) is 4.36. The quantitative estimate of drug-likeness (QED) is 0.803. The second kappa shape index (κ2) is 5.17. The first-order valence-corrected chi connectivity index (χ1v) is 6.39. The zero-order valence-corrected chi connectivity index (χ0v) is 11.0. The van der Waals surface area contributed by atoms with Crippen molar-refractivity contribution in [3.8, 4) is 0 Å². The summed E-state index contributed by atoms with van der Waals surface area (Å²) < 4.78 is 0. The number of carboxylic acid groups (broad SMARTS) is 1. The fraction of sp³-hybridized carbons (Fsp3) is 0.923. The highest BCUT2D eigenvalue weighted by Crippen LogP contribution is 2.31. The summed E-state index contributed by atoms with van der Waals surface area (Å²) in [6.07, 6.45) is 4.82. The van der Waals surface area contributed by atoms with E-state index < -0.39 is 11.5 Å². The predicted octanol–water partition coefficient (Wildman–Crippen LogP) is 2.75. The van der Waals surface area contributed by atoms with Crippen molar-refractivity contribution in [1.29, 1.82) is 0 Å². The monoisotopic (exact) mass is 227 g/mol. The molecule has 0 heterocycles. The number of hydrogen-bond acceptors (Lipinski definition) is 2. The average molecular weight is 227 g/mol. The lowest BCUT2D eigenvalue weighted by atomic mass is 9.84. The van der Waals surface area contributed by atoms with Gasteiger partial charge in [0.25, 0.3) is 0 Å². The van der Waals surface area contributed by atoms with E-state index in [0.29, 0.717) is 6.04 Å². The summed E-state index contributed by atoms with van der Waals surface area (Å²) >= 11 is 0. The Balaban J connectivity index is 2.77. The van der Waals surface area contributed by atoms with Crippen molar-refractivity contribution in [1.82, 2.24) is 4.90 Å². The van der Waals surface area contributed by atoms with Crippen LogP contribution in [0.4, 0.5) is 0 Å². The van der Waals surface area contributed by atoms with Crippen molar-refractivity contribution < 1.29 is 9.90 Å². The van der Waals surface area contributed by atoms with Gasteiger partial charge in [-0.25, -0.2) is 0 Å². The van der Waals surface area contributed by atoms with Crippen molar-refractivity contribution in [2.45, 2.75) is 65.0 Å². The molecule has 3 nitrogen and oxygen atoms in total. The van der Waals surface area contributed by atoms with Gasteiger partial charge in [0.2, 0.25) is 0 Å². The van der Waals surface area contributed by atoms with Gasteiger partial charge in [0.05, 0.1) is 0 Å². The van der Waals surface area contributed by atoms with E-state index in [1.165, 1.54) is 12.8 Å². The molecule has 0 aliphatic heterocycles. The lowest BCUT2D eigenvalue weighted by Gasteiger charge is -2.43. The van der Waals surface area contributed by atoms with Crippen LogP contribution in [-0.2, 0) is 4.79 Å². The number of rotatable bonds is 4. The fourth-order valence-corrected chi connectivity index (χ4v) is 2.92. The van der Waals surface area contributed by atoms with Crippen LogP contribution < -0.4 is 0 Å². The summed E-state index contributed by atoms with van der Waals surface area (Å²) in [6, 6.07) is 0.444. The van der Waals surface area contributed by atoms with Crippen LogP contribution in [0.5, 0.6) is 0 Å². The van der Waals surface area contributed by atoms with Crippen molar-refractivity contribution in [2.24, 2.45) is 5.92 Å². The van der Waals surface area contributed by atoms with Crippen molar-refractivity contribution in [3.05, 3.63) is 0 Å². The Bertz CT molecular complexity index is 250. The Labute approximate surface area is 98.8 Å². The van der Waals surface area contributed by atoms with Crippen LogP contribution in [0.15, 0.2) is 0 Å². The highest BCUT2D eigenvalue weighted by atomic mass is 16.4. The summed E-state index contributed by atoms with van der Waals surface area (Å²) in [5.74, 6) is 0.0185. The Morgan fingerprint density at radius 1 is 1.44 bits per heavy atom. The first-order valence-electron chi connectivity index (χ1n) is 6.39. The molecule has 0 spiro atoms. The lowest BCUT2D eigenvalue weighted by Crippen LogP contribution is -2.55. The zero-order valence-electron chi connectivity index (χ0n) is 11.0.